The molecule has 3 amide bonds. The number of amides is 3. The van der Waals surface area contributed by atoms with Crippen LogP contribution in [0.15, 0.2) is 69.9 Å². The zero-order valence-electron chi connectivity index (χ0n) is 17.3. The third-order valence-corrected chi connectivity index (χ3v) is 5.68. The zero-order valence-corrected chi connectivity index (χ0v) is 18.1. The molecule has 5 rings (SSSR count). The number of anilines is 2. The van der Waals surface area contributed by atoms with Gasteiger partial charge in [0, 0.05) is 10.7 Å². The molecule has 164 valence electrons. The highest BCUT2D eigenvalue weighted by Gasteiger charge is 2.37. The van der Waals surface area contributed by atoms with Crippen LogP contribution in [0.3, 0.4) is 0 Å². The molecule has 1 aliphatic rings. The van der Waals surface area contributed by atoms with Crippen molar-refractivity contribution in [2.45, 2.75) is 13.5 Å². The van der Waals surface area contributed by atoms with Gasteiger partial charge in [0.25, 0.3) is 11.8 Å². The number of halogens is 1. The number of rotatable bonds is 4. The van der Waals surface area contributed by atoms with Crippen LogP contribution in [0.1, 0.15) is 26.3 Å². The molecule has 0 spiro atoms. The largest absolute Gasteiger partial charge is 0.420 e. The van der Waals surface area contributed by atoms with E-state index in [4.69, 9.17) is 16.0 Å². The van der Waals surface area contributed by atoms with Crippen molar-refractivity contribution in [2.75, 3.05) is 10.2 Å². The number of imide groups is 1. The summed E-state index contributed by atoms with van der Waals surface area (Å²) >= 11 is 5.97. The molecule has 0 fully saturated rings. The van der Waals surface area contributed by atoms with Gasteiger partial charge in [-0.3, -0.25) is 19.0 Å². The van der Waals surface area contributed by atoms with Crippen LogP contribution in [0.4, 0.5) is 11.4 Å². The van der Waals surface area contributed by atoms with E-state index in [9.17, 15) is 19.2 Å². The van der Waals surface area contributed by atoms with Gasteiger partial charge in [-0.25, -0.2) is 9.69 Å². The van der Waals surface area contributed by atoms with Gasteiger partial charge in [-0.2, -0.15) is 0 Å². The van der Waals surface area contributed by atoms with Crippen LogP contribution in [0.2, 0.25) is 5.02 Å². The van der Waals surface area contributed by atoms with Crippen LogP contribution in [0, 0.1) is 6.92 Å². The number of aryl methyl sites for hydroxylation is 1. The second-order valence-corrected chi connectivity index (χ2v) is 8.04. The van der Waals surface area contributed by atoms with Crippen LogP contribution in [0.5, 0.6) is 0 Å². The lowest BCUT2D eigenvalue weighted by Gasteiger charge is -2.17. The Labute approximate surface area is 192 Å². The molecule has 0 radical (unpaired) electrons. The highest BCUT2D eigenvalue weighted by Crippen LogP contribution is 2.33. The predicted octanol–water partition coefficient (Wildman–Crippen LogP) is 4.00. The number of aromatic nitrogens is 1. The van der Waals surface area contributed by atoms with Crippen molar-refractivity contribution in [2.24, 2.45) is 0 Å². The minimum absolute atomic E-state index is 0.226. The number of oxazole rings is 1. The van der Waals surface area contributed by atoms with Crippen molar-refractivity contribution < 1.29 is 18.8 Å². The molecule has 9 heteroatoms. The van der Waals surface area contributed by atoms with E-state index in [1.165, 1.54) is 16.7 Å². The van der Waals surface area contributed by atoms with E-state index in [2.05, 4.69) is 5.32 Å². The van der Waals surface area contributed by atoms with E-state index in [1.807, 2.05) is 0 Å². The van der Waals surface area contributed by atoms with Gasteiger partial charge in [-0.15, -0.1) is 0 Å². The van der Waals surface area contributed by atoms with Crippen molar-refractivity contribution in [3.8, 4) is 0 Å². The Bertz CT molecular complexity index is 1530. The molecule has 0 atom stereocenters. The maximum absolute atomic E-state index is 12.8. The maximum atomic E-state index is 12.8. The van der Waals surface area contributed by atoms with Gasteiger partial charge in [-0.05, 0) is 61.0 Å². The summed E-state index contributed by atoms with van der Waals surface area (Å²) in [6, 6.07) is 16.2. The molecule has 0 saturated heterocycles. The van der Waals surface area contributed by atoms with E-state index in [0.717, 1.165) is 4.90 Å². The third-order valence-electron chi connectivity index (χ3n) is 5.45. The van der Waals surface area contributed by atoms with Gasteiger partial charge in [0.05, 0.1) is 22.3 Å². The monoisotopic (exact) mass is 461 g/mol. The third kappa shape index (κ3) is 3.50. The zero-order chi connectivity index (χ0) is 23.3. The molecule has 0 saturated carbocycles. The number of hydrogen-bond acceptors (Lipinski definition) is 5. The van der Waals surface area contributed by atoms with E-state index in [-0.39, 0.29) is 12.1 Å². The molecular formula is C24H16ClN3O5. The van der Waals surface area contributed by atoms with Crippen molar-refractivity contribution in [1.82, 2.24) is 4.57 Å². The molecule has 0 aliphatic carbocycles. The molecule has 0 unspecified atom stereocenters. The van der Waals surface area contributed by atoms with Crippen LogP contribution in [-0.4, -0.2) is 22.3 Å². The minimum atomic E-state index is -0.622. The van der Waals surface area contributed by atoms with Crippen LogP contribution >= 0.6 is 11.6 Å². The summed E-state index contributed by atoms with van der Waals surface area (Å²) in [4.78, 5) is 51.4. The predicted molar refractivity (Wildman–Crippen MR) is 123 cm³/mol. The average Bonchev–Trinajstić information content (AvgIpc) is 3.22. The number of nitrogens with one attached hydrogen (secondary N) is 1. The number of fused-ring (bicyclic) bond motifs is 2. The standard InChI is InChI=1S/C24H16ClN3O5/c1-13-10-15(26-21(29)12-27-19-4-2-3-5-20(19)33-24(27)32)7-9-18(13)28-22(30)16-8-6-14(25)11-17(16)23(28)31/h2-11H,12H2,1H3,(H,26,29). The van der Waals surface area contributed by atoms with Crippen LogP contribution in [-0.2, 0) is 11.3 Å². The number of carbonyl (C=O) groups excluding carboxylic acids is 3. The lowest BCUT2D eigenvalue weighted by atomic mass is 10.1. The first-order valence-electron chi connectivity index (χ1n) is 10.0. The highest BCUT2D eigenvalue weighted by atomic mass is 35.5. The molecule has 1 aromatic heterocycles. The van der Waals surface area contributed by atoms with Gasteiger partial charge in [0.2, 0.25) is 5.91 Å². The average molecular weight is 462 g/mol. The lowest BCUT2D eigenvalue weighted by molar-refractivity contribution is -0.116. The van der Waals surface area contributed by atoms with Gasteiger partial charge in [0.1, 0.15) is 6.54 Å². The number of para-hydroxylation sites is 2. The van der Waals surface area contributed by atoms with Gasteiger partial charge >= 0.3 is 5.76 Å². The number of benzene rings is 3. The Morgan fingerprint density at radius 2 is 1.73 bits per heavy atom. The highest BCUT2D eigenvalue weighted by molar-refractivity contribution is 6.37. The van der Waals surface area contributed by atoms with Crippen molar-refractivity contribution in [3.63, 3.8) is 0 Å². The number of carbonyl (C=O) groups is 3. The number of nitrogens with zero attached hydrogens (tertiary/aromatic N) is 2. The first-order valence-corrected chi connectivity index (χ1v) is 10.4. The minimum Gasteiger partial charge on any atom is -0.408 e. The summed E-state index contributed by atoms with van der Waals surface area (Å²) in [5, 5.41) is 3.10. The molecule has 1 N–H and O–H groups in total. The first kappa shape index (κ1) is 20.7. The smallest absolute Gasteiger partial charge is 0.408 e. The second-order valence-electron chi connectivity index (χ2n) is 7.61. The summed E-state index contributed by atoms with van der Waals surface area (Å²) in [5.74, 6) is -1.93. The van der Waals surface area contributed by atoms with E-state index in [1.54, 1.807) is 55.5 Å². The van der Waals surface area contributed by atoms with Gasteiger partial charge in [0.15, 0.2) is 5.58 Å². The van der Waals surface area contributed by atoms with E-state index in [0.29, 0.717) is 38.6 Å². The van der Waals surface area contributed by atoms with Gasteiger partial charge < -0.3 is 9.73 Å². The summed E-state index contributed by atoms with van der Waals surface area (Å²) < 4.78 is 6.39. The maximum Gasteiger partial charge on any atom is 0.420 e. The molecule has 0 bridgehead atoms. The Hall–Kier alpha value is -4.17. The fourth-order valence-electron chi connectivity index (χ4n) is 3.92. The van der Waals surface area contributed by atoms with E-state index < -0.39 is 23.5 Å². The summed E-state index contributed by atoms with van der Waals surface area (Å²) in [5.41, 5.74) is 2.95. The Kier molecular flexibility index (Phi) is 4.87. The molecule has 33 heavy (non-hydrogen) atoms. The Balaban J connectivity index is 1.37. The molecule has 2 heterocycles. The molecule has 3 aromatic carbocycles. The van der Waals surface area contributed by atoms with Crippen LogP contribution < -0.4 is 16.0 Å². The fourth-order valence-corrected chi connectivity index (χ4v) is 4.10. The topological polar surface area (TPSA) is 102 Å². The number of hydrogen-bond donors (Lipinski definition) is 1. The summed E-state index contributed by atoms with van der Waals surface area (Å²) in [7, 11) is 0. The molecule has 1 aliphatic heterocycles. The SMILES string of the molecule is Cc1cc(NC(=O)Cn2c(=O)oc3ccccc32)ccc1N1C(=O)c2ccc(Cl)cc2C1=O. The van der Waals surface area contributed by atoms with Crippen molar-refractivity contribution in [3.05, 3.63) is 92.9 Å². The normalized spacial score (nSPS) is 13.0. The van der Waals surface area contributed by atoms with E-state index >= 15 is 0 Å². The van der Waals surface area contributed by atoms with Crippen molar-refractivity contribution in [1.29, 1.82) is 0 Å². The molecule has 8 nitrogen and oxygen atoms in total. The quantitative estimate of drug-likeness (QED) is 0.463. The van der Waals surface area contributed by atoms with Gasteiger partial charge in [-0.1, -0.05) is 23.7 Å². The molecule has 4 aromatic rings. The Morgan fingerprint density at radius 3 is 2.52 bits per heavy atom. The van der Waals surface area contributed by atoms with Crippen molar-refractivity contribution >= 4 is 51.8 Å². The Morgan fingerprint density at radius 1 is 0.970 bits per heavy atom. The summed E-state index contributed by atoms with van der Waals surface area (Å²) in [6.07, 6.45) is 0. The lowest BCUT2D eigenvalue weighted by Crippen LogP contribution is -2.30. The molecular weight excluding hydrogens is 446 g/mol. The first-order chi connectivity index (χ1) is 15.8. The van der Waals surface area contributed by atoms with Crippen LogP contribution in [0.25, 0.3) is 11.1 Å². The fraction of sp³-hybridized carbons (Fsp3) is 0.0833. The second kappa shape index (κ2) is 7.75. The summed E-state index contributed by atoms with van der Waals surface area (Å²) in [6.45, 7) is 1.51.